The van der Waals surface area contributed by atoms with Crippen LogP contribution in [0.25, 0.3) is 10.9 Å². The topological polar surface area (TPSA) is 111 Å². The number of hydrogen-bond donors (Lipinski definition) is 2. The minimum atomic E-state index is -3.52. The molecule has 4 rings (SSSR count). The van der Waals surface area contributed by atoms with Gasteiger partial charge >= 0.3 is 0 Å². The molecule has 2 aliphatic rings. The molecule has 2 fully saturated rings. The third kappa shape index (κ3) is 3.61. The summed E-state index contributed by atoms with van der Waals surface area (Å²) in [6.45, 7) is 2.47. The molecule has 2 aliphatic heterocycles. The normalized spacial score (nSPS) is 19.6. The van der Waals surface area contributed by atoms with Gasteiger partial charge in [0, 0.05) is 43.8 Å². The molecule has 0 aliphatic carbocycles. The monoisotopic (exact) mass is 434 g/mol. The van der Waals surface area contributed by atoms with Gasteiger partial charge in [0.05, 0.1) is 30.1 Å². The molecule has 1 spiro atoms. The van der Waals surface area contributed by atoms with Crippen molar-refractivity contribution in [3.63, 3.8) is 0 Å². The standard InChI is InChI=1S/C18H22N6O3S2/c1-27-16-8-14-15(11-21-16)20-10-13(9-19)17(14)23-5-2-18(3-6-23)4-7-24(12-18)29(25,26)22-28/h8,10-11,22,28H,2-7,12H2,1H3. The van der Waals surface area contributed by atoms with Gasteiger partial charge in [-0.25, -0.2) is 4.98 Å². The number of nitrogens with zero attached hydrogens (tertiary/aromatic N) is 5. The molecule has 1 N–H and O–H groups in total. The lowest BCUT2D eigenvalue weighted by Gasteiger charge is -2.40. The molecule has 0 amide bonds. The molecule has 9 nitrogen and oxygen atoms in total. The minimum absolute atomic E-state index is 0.0386. The number of rotatable bonds is 4. The van der Waals surface area contributed by atoms with Crippen LogP contribution in [-0.4, -0.2) is 56.0 Å². The second-order valence-corrected chi connectivity index (χ2v) is 9.74. The van der Waals surface area contributed by atoms with Gasteiger partial charge in [-0.15, -0.1) is 4.13 Å². The van der Waals surface area contributed by atoms with Gasteiger partial charge in [0.1, 0.15) is 6.07 Å². The van der Waals surface area contributed by atoms with Crippen molar-refractivity contribution in [2.75, 3.05) is 38.2 Å². The van der Waals surface area contributed by atoms with Crippen molar-refractivity contribution in [1.82, 2.24) is 18.4 Å². The predicted molar refractivity (Wildman–Crippen MR) is 112 cm³/mol. The van der Waals surface area contributed by atoms with E-state index in [1.807, 2.05) is 6.07 Å². The van der Waals surface area contributed by atoms with Gasteiger partial charge in [0.15, 0.2) is 0 Å². The first-order chi connectivity index (χ1) is 13.9. The average molecular weight is 435 g/mol. The third-order valence-corrected chi connectivity index (χ3v) is 7.94. The van der Waals surface area contributed by atoms with Crippen LogP contribution in [0.3, 0.4) is 0 Å². The second-order valence-electron chi connectivity index (χ2n) is 7.54. The molecule has 29 heavy (non-hydrogen) atoms. The fourth-order valence-electron chi connectivity index (χ4n) is 4.37. The van der Waals surface area contributed by atoms with Crippen molar-refractivity contribution in [2.45, 2.75) is 19.3 Å². The summed E-state index contributed by atoms with van der Waals surface area (Å²) >= 11 is 3.72. The van der Waals surface area contributed by atoms with Gasteiger partial charge in [-0.3, -0.25) is 4.98 Å². The zero-order valence-electron chi connectivity index (χ0n) is 16.0. The Hall–Kier alpha value is -2.13. The van der Waals surface area contributed by atoms with Crippen molar-refractivity contribution in [3.05, 3.63) is 24.0 Å². The molecule has 4 heterocycles. The number of nitrogens with one attached hydrogen (secondary N) is 1. The van der Waals surface area contributed by atoms with E-state index in [1.165, 1.54) is 4.31 Å². The van der Waals surface area contributed by atoms with Crippen LogP contribution in [0.15, 0.2) is 18.5 Å². The van der Waals surface area contributed by atoms with Crippen LogP contribution in [0.5, 0.6) is 5.88 Å². The highest BCUT2D eigenvalue weighted by atomic mass is 32.3. The highest BCUT2D eigenvalue weighted by molar-refractivity contribution is 7.99. The summed E-state index contributed by atoms with van der Waals surface area (Å²) in [5.41, 5.74) is 2.02. The van der Waals surface area contributed by atoms with Crippen molar-refractivity contribution in [2.24, 2.45) is 5.41 Å². The van der Waals surface area contributed by atoms with E-state index < -0.39 is 10.2 Å². The highest BCUT2D eigenvalue weighted by Crippen LogP contribution is 2.43. The zero-order chi connectivity index (χ0) is 20.6. The maximum Gasteiger partial charge on any atom is 0.288 e. The molecule has 2 aromatic heterocycles. The van der Waals surface area contributed by atoms with Crippen LogP contribution < -0.4 is 13.8 Å². The quantitative estimate of drug-likeness (QED) is 0.701. The maximum atomic E-state index is 12.1. The Bertz CT molecular complexity index is 1080. The number of pyridine rings is 2. The molecule has 0 saturated carbocycles. The second kappa shape index (κ2) is 7.60. The largest absolute Gasteiger partial charge is 0.481 e. The summed E-state index contributed by atoms with van der Waals surface area (Å²) in [5, 5.41) is 10.5. The number of fused-ring (bicyclic) bond motifs is 1. The van der Waals surface area contributed by atoms with Gasteiger partial charge in [0.2, 0.25) is 5.88 Å². The summed E-state index contributed by atoms with van der Waals surface area (Å²) in [6, 6.07) is 4.06. The van der Waals surface area contributed by atoms with Gasteiger partial charge in [-0.1, -0.05) is 12.8 Å². The summed E-state index contributed by atoms with van der Waals surface area (Å²) in [6.07, 6.45) is 5.76. The Morgan fingerprint density at radius 2 is 1.97 bits per heavy atom. The van der Waals surface area contributed by atoms with Crippen molar-refractivity contribution >= 4 is 39.6 Å². The Labute approximate surface area is 175 Å². The van der Waals surface area contributed by atoms with Crippen molar-refractivity contribution in [1.29, 1.82) is 5.26 Å². The number of ether oxygens (including phenoxy) is 1. The van der Waals surface area contributed by atoms with Crippen LogP contribution in [-0.2, 0) is 10.2 Å². The van der Waals surface area contributed by atoms with E-state index in [-0.39, 0.29) is 5.41 Å². The molecule has 0 aromatic carbocycles. The first kappa shape index (κ1) is 20.2. The summed E-state index contributed by atoms with van der Waals surface area (Å²) in [5.74, 6) is 0.472. The third-order valence-electron chi connectivity index (χ3n) is 6.03. The van der Waals surface area contributed by atoms with E-state index >= 15 is 0 Å². The number of hydrogen-bond acceptors (Lipinski definition) is 8. The van der Waals surface area contributed by atoms with E-state index in [4.69, 9.17) is 4.74 Å². The van der Waals surface area contributed by atoms with Crippen LogP contribution in [0.1, 0.15) is 24.8 Å². The van der Waals surface area contributed by atoms with Crippen LogP contribution in [0.2, 0.25) is 0 Å². The molecular weight excluding hydrogens is 412 g/mol. The van der Waals surface area contributed by atoms with Crippen LogP contribution in [0.4, 0.5) is 5.69 Å². The lowest BCUT2D eigenvalue weighted by atomic mass is 9.77. The van der Waals surface area contributed by atoms with Gasteiger partial charge in [-0.2, -0.15) is 18.0 Å². The van der Waals surface area contributed by atoms with Crippen molar-refractivity contribution in [3.8, 4) is 11.9 Å². The van der Waals surface area contributed by atoms with E-state index in [0.717, 1.165) is 43.4 Å². The SMILES string of the molecule is COc1cc2c(N3CCC4(CC3)CCN(S(=O)(=O)NS)C4)c(C#N)cnc2cn1. The van der Waals surface area contributed by atoms with E-state index in [2.05, 4.69) is 37.9 Å². The van der Waals surface area contributed by atoms with Gasteiger partial charge < -0.3 is 9.64 Å². The fraction of sp³-hybridized carbons (Fsp3) is 0.500. The van der Waals surface area contributed by atoms with E-state index in [0.29, 0.717) is 30.0 Å². The van der Waals surface area contributed by atoms with Gasteiger partial charge in [-0.05, 0) is 24.7 Å². The fourth-order valence-corrected chi connectivity index (χ4v) is 5.60. The number of methoxy groups -OCH3 is 1. The van der Waals surface area contributed by atoms with E-state index in [1.54, 1.807) is 19.5 Å². The molecular formula is C18H22N6O3S2. The average Bonchev–Trinajstić information content (AvgIpc) is 3.17. The Kier molecular flexibility index (Phi) is 5.29. The first-order valence-corrected chi connectivity index (χ1v) is 11.2. The minimum Gasteiger partial charge on any atom is -0.481 e. The van der Waals surface area contributed by atoms with E-state index in [9.17, 15) is 13.7 Å². The number of anilines is 1. The first-order valence-electron chi connectivity index (χ1n) is 9.30. The van der Waals surface area contributed by atoms with Gasteiger partial charge in [0.25, 0.3) is 10.2 Å². The Morgan fingerprint density at radius 3 is 2.62 bits per heavy atom. The number of thiol groups is 1. The number of piperidine rings is 1. The van der Waals surface area contributed by atoms with Crippen LogP contribution in [0, 0.1) is 16.7 Å². The zero-order valence-corrected chi connectivity index (χ0v) is 17.7. The molecule has 2 aromatic rings. The highest BCUT2D eigenvalue weighted by Gasteiger charge is 2.44. The molecule has 154 valence electrons. The van der Waals surface area contributed by atoms with Crippen LogP contribution >= 0.6 is 12.8 Å². The summed E-state index contributed by atoms with van der Waals surface area (Å²) in [4.78, 5) is 10.7. The number of nitriles is 1. The maximum absolute atomic E-state index is 12.1. The molecule has 0 bridgehead atoms. The Morgan fingerprint density at radius 1 is 1.24 bits per heavy atom. The lowest BCUT2D eigenvalue weighted by Crippen LogP contribution is -2.43. The molecule has 0 radical (unpaired) electrons. The molecule has 0 atom stereocenters. The predicted octanol–water partition coefficient (Wildman–Crippen LogP) is 1.48. The van der Waals surface area contributed by atoms with Crippen molar-refractivity contribution < 1.29 is 13.2 Å². The molecule has 0 unspecified atom stereocenters. The smallest absolute Gasteiger partial charge is 0.288 e. The molecule has 2 saturated heterocycles. The lowest BCUT2D eigenvalue weighted by molar-refractivity contribution is 0.234. The summed E-state index contributed by atoms with van der Waals surface area (Å²) < 4.78 is 33.0. The Balaban J connectivity index is 1.61. The summed E-state index contributed by atoms with van der Waals surface area (Å²) in [7, 11) is -1.97. The number of aromatic nitrogens is 2. The molecule has 11 heteroatoms.